The van der Waals surface area contributed by atoms with Crippen molar-refractivity contribution in [2.24, 2.45) is 7.05 Å². The molecule has 0 aliphatic heterocycles. The lowest BCUT2D eigenvalue weighted by Crippen LogP contribution is -2.39. The minimum atomic E-state index is -0.458. The van der Waals surface area contributed by atoms with E-state index in [9.17, 15) is 9.59 Å². The molecule has 2 rings (SSSR count). The van der Waals surface area contributed by atoms with E-state index in [1.807, 2.05) is 6.07 Å². The first kappa shape index (κ1) is 12.3. The van der Waals surface area contributed by atoms with Crippen LogP contribution in [0, 0.1) is 11.3 Å². The van der Waals surface area contributed by atoms with Crippen LogP contribution >= 0.6 is 11.5 Å². The molecule has 2 heterocycles. The second kappa shape index (κ2) is 4.58. The van der Waals surface area contributed by atoms with Crippen LogP contribution in [0.1, 0.15) is 11.3 Å². The van der Waals surface area contributed by atoms with E-state index < -0.39 is 11.2 Å². The molecule has 0 N–H and O–H groups in total. The van der Waals surface area contributed by atoms with Gasteiger partial charge in [0.15, 0.2) is 5.65 Å². The average Bonchev–Trinajstić information content (AvgIpc) is 2.80. The van der Waals surface area contributed by atoms with E-state index in [0.29, 0.717) is 6.42 Å². The van der Waals surface area contributed by atoms with Gasteiger partial charge in [-0.2, -0.15) is 9.64 Å². The molecule has 0 aliphatic carbocycles. The van der Waals surface area contributed by atoms with Gasteiger partial charge in [-0.05, 0) is 18.0 Å². The normalized spacial score (nSPS) is 10.4. The predicted molar refractivity (Wildman–Crippen MR) is 68.7 cm³/mol. The number of nitrogens with zero attached hydrogens (tertiary/aromatic N) is 4. The standard InChI is InChI=1S/C11H10N4O2S/c1-3-4-5-15-10(16)8-7(6-12)18-13-9(8)14(2)11(15)17/h3H,1,4-5H2,2H3. The van der Waals surface area contributed by atoms with Gasteiger partial charge in [0.2, 0.25) is 0 Å². The molecule has 0 saturated heterocycles. The lowest BCUT2D eigenvalue weighted by molar-refractivity contribution is 0.611. The van der Waals surface area contributed by atoms with Crippen molar-refractivity contribution in [2.75, 3.05) is 0 Å². The molecule has 0 atom stereocenters. The summed E-state index contributed by atoms with van der Waals surface area (Å²) < 4.78 is 6.38. The van der Waals surface area contributed by atoms with E-state index >= 15 is 0 Å². The minimum absolute atomic E-state index is 0.216. The molecular weight excluding hydrogens is 252 g/mol. The third kappa shape index (κ3) is 1.67. The van der Waals surface area contributed by atoms with Gasteiger partial charge in [-0.15, -0.1) is 6.58 Å². The molecule has 0 unspecified atom stereocenters. The molecule has 2 aromatic heterocycles. The highest BCUT2D eigenvalue weighted by Gasteiger charge is 2.17. The van der Waals surface area contributed by atoms with Crippen molar-refractivity contribution in [3.05, 3.63) is 38.4 Å². The maximum Gasteiger partial charge on any atom is 0.332 e. The topological polar surface area (TPSA) is 80.7 Å². The van der Waals surface area contributed by atoms with Crippen molar-refractivity contribution in [2.45, 2.75) is 13.0 Å². The highest BCUT2D eigenvalue weighted by Crippen LogP contribution is 2.15. The molecule has 2 aromatic rings. The molecule has 0 radical (unpaired) electrons. The molecule has 92 valence electrons. The maximum atomic E-state index is 12.2. The van der Waals surface area contributed by atoms with E-state index in [1.54, 1.807) is 6.08 Å². The number of rotatable bonds is 3. The summed E-state index contributed by atoms with van der Waals surface area (Å²) in [6.45, 7) is 3.81. The summed E-state index contributed by atoms with van der Waals surface area (Å²) in [5.74, 6) is 0. The SMILES string of the molecule is C=CCCn1c(=O)c2c(C#N)snc2n(C)c1=O. The average molecular weight is 262 g/mol. The fraction of sp³-hybridized carbons (Fsp3) is 0.273. The van der Waals surface area contributed by atoms with Crippen LogP contribution in [0.2, 0.25) is 0 Å². The van der Waals surface area contributed by atoms with Crippen LogP contribution in [0.3, 0.4) is 0 Å². The molecule has 0 fully saturated rings. The van der Waals surface area contributed by atoms with E-state index in [1.165, 1.54) is 11.6 Å². The zero-order valence-electron chi connectivity index (χ0n) is 9.71. The zero-order valence-corrected chi connectivity index (χ0v) is 10.5. The summed E-state index contributed by atoms with van der Waals surface area (Å²) in [6.07, 6.45) is 2.15. The Morgan fingerprint density at radius 3 is 2.89 bits per heavy atom. The summed E-state index contributed by atoms with van der Waals surface area (Å²) in [6, 6.07) is 1.93. The van der Waals surface area contributed by atoms with Gasteiger partial charge in [-0.25, -0.2) is 4.79 Å². The predicted octanol–water partition coefficient (Wildman–Crippen LogP) is 0.604. The summed E-state index contributed by atoms with van der Waals surface area (Å²) in [5.41, 5.74) is -0.620. The van der Waals surface area contributed by atoms with E-state index in [-0.39, 0.29) is 22.5 Å². The van der Waals surface area contributed by atoms with Crippen molar-refractivity contribution in [1.29, 1.82) is 5.26 Å². The van der Waals surface area contributed by atoms with Gasteiger partial charge in [0.05, 0.1) is 0 Å². The Hall–Kier alpha value is -2.20. The Labute approximate surface area is 106 Å². The van der Waals surface area contributed by atoms with Crippen molar-refractivity contribution < 1.29 is 0 Å². The number of nitriles is 1. The van der Waals surface area contributed by atoms with Crippen LogP contribution in [0.25, 0.3) is 11.0 Å². The molecule has 0 saturated carbocycles. The summed E-state index contributed by atoms with van der Waals surface area (Å²) in [7, 11) is 1.54. The molecule has 0 bridgehead atoms. The van der Waals surface area contributed by atoms with Crippen molar-refractivity contribution in [3.8, 4) is 6.07 Å². The number of allylic oxidation sites excluding steroid dienone is 1. The van der Waals surface area contributed by atoms with Crippen LogP contribution in [-0.2, 0) is 13.6 Å². The third-order valence-electron chi connectivity index (χ3n) is 2.63. The first-order chi connectivity index (χ1) is 8.61. The highest BCUT2D eigenvalue weighted by atomic mass is 32.1. The lowest BCUT2D eigenvalue weighted by Gasteiger charge is -2.06. The van der Waals surface area contributed by atoms with Gasteiger partial charge in [0.25, 0.3) is 5.56 Å². The monoisotopic (exact) mass is 262 g/mol. The number of hydrogen-bond acceptors (Lipinski definition) is 5. The molecule has 18 heavy (non-hydrogen) atoms. The van der Waals surface area contributed by atoms with E-state index in [2.05, 4.69) is 11.0 Å². The van der Waals surface area contributed by atoms with Gasteiger partial charge >= 0.3 is 5.69 Å². The molecule has 6 nitrogen and oxygen atoms in total. The Kier molecular flexibility index (Phi) is 3.12. The van der Waals surface area contributed by atoms with Crippen LogP contribution in [0.5, 0.6) is 0 Å². The van der Waals surface area contributed by atoms with Crippen molar-refractivity contribution in [1.82, 2.24) is 13.5 Å². The molecular formula is C11H10N4O2S. The quantitative estimate of drug-likeness (QED) is 0.759. The number of fused-ring (bicyclic) bond motifs is 1. The molecule has 0 spiro atoms. The van der Waals surface area contributed by atoms with Crippen LogP contribution in [0.15, 0.2) is 22.2 Å². The third-order valence-corrected chi connectivity index (χ3v) is 3.37. The Morgan fingerprint density at radius 2 is 2.28 bits per heavy atom. The number of hydrogen-bond donors (Lipinski definition) is 0. The molecule has 7 heteroatoms. The molecule has 0 aliphatic rings. The zero-order chi connectivity index (χ0) is 13.3. The second-order valence-electron chi connectivity index (χ2n) is 3.70. The number of aryl methyl sites for hydroxylation is 1. The number of aromatic nitrogens is 3. The maximum absolute atomic E-state index is 12.2. The smallest absolute Gasteiger partial charge is 0.280 e. The van der Waals surface area contributed by atoms with Crippen LogP contribution < -0.4 is 11.2 Å². The lowest BCUT2D eigenvalue weighted by atomic mass is 10.3. The Morgan fingerprint density at radius 1 is 1.56 bits per heavy atom. The fourth-order valence-electron chi connectivity index (χ4n) is 1.69. The molecule has 0 aromatic carbocycles. The Balaban J connectivity index is 2.88. The second-order valence-corrected chi connectivity index (χ2v) is 4.47. The minimum Gasteiger partial charge on any atom is -0.280 e. The van der Waals surface area contributed by atoms with Crippen LogP contribution in [-0.4, -0.2) is 13.5 Å². The van der Waals surface area contributed by atoms with Gasteiger partial charge in [-0.3, -0.25) is 13.9 Å². The first-order valence-electron chi connectivity index (χ1n) is 5.22. The van der Waals surface area contributed by atoms with Crippen LogP contribution in [0.4, 0.5) is 0 Å². The van der Waals surface area contributed by atoms with Gasteiger partial charge < -0.3 is 0 Å². The summed E-state index contributed by atoms with van der Waals surface area (Å²) in [5, 5.41) is 9.16. The summed E-state index contributed by atoms with van der Waals surface area (Å²) in [4.78, 5) is 24.4. The van der Waals surface area contributed by atoms with E-state index in [0.717, 1.165) is 16.1 Å². The first-order valence-corrected chi connectivity index (χ1v) is 5.99. The fourth-order valence-corrected chi connectivity index (χ4v) is 2.39. The largest absolute Gasteiger partial charge is 0.332 e. The van der Waals surface area contributed by atoms with Gasteiger partial charge in [0.1, 0.15) is 16.3 Å². The van der Waals surface area contributed by atoms with Gasteiger partial charge in [0, 0.05) is 13.6 Å². The Bertz CT molecular complexity index is 775. The van der Waals surface area contributed by atoms with Crippen molar-refractivity contribution >= 4 is 22.6 Å². The van der Waals surface area contributed by atoms with E-state index in [4.69, 9.17) is 5.26 Å². The highest BCUT2D eigenvalue weighted by molar-refractivity contribution is 7.07. The molecule has 0 amide bonds. The summed E-state index contributed by atoms with van der Waals surface area (Å²) >= 11 is 0.928. The van der Waals surface area contributed by atoms with Crippen molar-refractivity contribution in [3.63, 3.8) is 0 Å². The van der Waals surface area contributed by atoms with Gasteiger partial charge in [-0.1, -0.05) is 6.08 Å².